The van der Waals surface area contributed by atoms with E-state index in [0.717, 1.165) is 17.7 Å². The van der Waals surface area contributed by atoms with Gasteiger partial charge < -0.3 is 19.9 Å². The smallest absolute Gasteiger partial charge is 0.412 e. The maximum atomic E-state index is 13.9. The molecule has 2 aliphatic heterocycles. The highest BCUT2D eigenvalue weighted by atomic mass is 32.1. The number of ether oxygens (including phenoxy) is 3. The topological polar surface area (TPSA) is 155 Å². The molecule has 270 valence electrons. The minimum atomic E-state index is -1.23. The Balaban J connectivity index is 1.62. The van der Waals surface area contributed by atoms with Crippen molar-refractivity contribution in [2.24, 2.45) is 17.8 Å². The van der Waals surface area contributed by atoms with Crippen LogP contribution in [0.1, 0.15) is 87.0 Å². The van der Waals surface area contributed by atoms with Crippen LogP contribution in [-0.4, -0.2) is 106 Å². The summed E-state index contributed by atoms with van der Waals surface area (Å²) in [6, 6.07) is 0. The van der Waals surface area contributed by atoms with E-state index in [1.54, 1.807) is 31.8 Å². The van der Waals surface area contributed by atoms with Crippen LogP contribution in [0.2, 0.25) is 5.82 Å². The van der Waals surface area contributed by atoms with Crippen LogP contribution >= 0.6 is 11.3 Å². The van der Waals surface area contributed by atoms with Gasteiger partial charge in [0.1, 0.15) is 29.2 Å². The first kappa shape index (κ1) is 38.8. The normalized spacial score (nSPS) is 33.9. The average molecular weight is 700 g/mol. The number of esters is 1. The number of methoxy groups -OCH3 is 1. The molecule has 2 aromatic rings. The van der Waals surface area contributed by atoms with Gasteiger partial charge in [-0.3, -0.25) is 24.1 Å². The highest BCUT2D eigenvalue weighted by Crippen LogP contribution is 2.48. The summed E-state index contributed by atoms with van der Waals surface area (Å²) >= 11 is 1.36. The fraction of sp³-hybridized carbons (Fsp3) is 0.765. The van der Waals surface area contributed by atoms with E-state index in [1.807, 2.05) is 45.8 Å². The van der Waals surface area contributed by atoms with Gasteiger partial charge >= 0.3 is 12.1 Å². The second-order valence-electron chi connectivity index (χ2n) is 14.2. The van der Waals surface area contributed by atoms with Crippen LogP contribution in [0.4, 0.5) is 9.93 Å². The maximum absolute atomic E-state index is 13.9. The number of aryl methyl sites for hydroxylation is 1. The maximum Gasteiger partial charge on any atom is 0.412 e. The average Bonchev–Trinajstić information content (AvgIpc) is 3.78. The Morgan fingerprint density at radius 3 is 2.45 bits per heavy atom. The molecule has 1 amide bonds. The van der Waals surface area contributed by atoms with Gasteiger partial charge in [-0.25, -0.2) is 9.78 Å². The molecule has 0 unspecified atom stereocenters. The van der Waals surface area contributed by atoms with E-state index < -0.39 is 52.7 Å². The molecule has 2 aliphatic rings. The summed E-state index contributed by atoms with van der Waals surface area (Å²) in [6.07, 6.45) is 5.98. The second kappa shape index (κ2) is 15.5. The van der Waals surface area contributed by atoms with E-state index in [0.29, 0.717) is 56.1 Å². The Morgan fingerprint density at radius 1 is 1.14 bits per heavy atom. The number of ketones is 1. The first-order valence-electron chi connectivity index (χ1n) is 17.5. The molecule has 15 heteroatoms. The van der Waals surface area contributed by atoms with Crippen molar-refractivity contribution in [1.29, 1.82) is 0 Å². The number of unbranched alkanes of at least 4 members (excludes halogenated alkanes) is 1. The van der Waals surface area contributed by atoms with Crippen LogP contribution in [0, 0.1) is 17.8 Å². The summed E-state index contributed by atoms with van der Waals surface area (Å²) in [5.74, 6) is -3.12. The molecule has 2 radical (unpaired) electrons. The Kier molecular flexibility index (Phi) is 12.2. The lowest BCUT2D eigenvalue weighted by Crippen LogP contribution is -2.70. The Hall–Kier alpha value is -3.04. The predicted molar refractivity (Wildman–Crippen MR) is 189 cm³/mol. The molecule has 2 aromatic heterocycles. The lowest BCUT2D eigenvalue weighted by molar-refractivity contribution is -0.189. The summed E-state index contributed by atoms with van der Waals surface area (Å²) in [6.45, 7) is 14.9. The van der Waals surface area contributed by atoms with E-state index in [4.69, 9.17) is 27.8 Å². The third kappa shape index (κ3) is 7.39. The molecule has 0 bridgehead atoms. The lowest BCUT2D eigenvalue weighted by atomic mass is 9.62. The summed E-state index contributed by atoms with van der Waals surface area (Å²) in [7, 11) is 10.3. The first-order valence-corrected chi connectivity index (χ1v) is 18.3. The van der Waals surface area contributed by atoms with E-state index in [2.05, 4.69) is 27.1 Å². The number of nitrogen functional groups attached to an aromatic ring is 1. The van der Waals surface area contributed by atoms with Crippen LogP contribution in [0.3, 0.4) is 0 Å². The zero-order valence-corrected chi connectivity index (χ0v) is 31.4. The van der Waals surface area contributed by atoms with Gasteiger partial charge in [-0.15, -0.1) is 5.10 Å². The predicted octanol–water partition coefficient (Wildman–Crippen LogP) is 4.97. The number of likely N-dealkylation sites (N-methyl/N-ethyl adjacent to an activating group) is 1. The minimum Gasteiger partial charge on any atom is -0.457 e. The van der Waals surface area contributed by atoms with Gasteiger partial charge in [-0.05, 0) is 78.1 Å². The van der Waals surface area contributed by atoms with Crippen molar-refractivity contribution in [2.45, 2.75) is 122 Å². The quantitative estimate of drug-likeness (QED) is 0.163. The molecule has 13 nitrogen and oxygen atoms in total. The molecular weight excluding hydrogens is 645 g/mol. The Bertz CT molecular complexity index is 1470. The number of carbonyl (C=O) groups excluding carboxylic acids is 3. The van der Waals surface area contributed by atoms with Crippen molar-refractivity contribution < 1.29 is 28.6 Å². The molecule has 49 heavy (non-hydrogen) atoms. The summed E-state index contributed by atoms with van der Waals surface area (Å²) in [5, 5.41) is 8.99. The SMILES string of the molecule is [B][C@@H]1[C@@H](C)C(=O)[C@@H](C)C(=O)O[C@H](CC)[C@@]2(C)OC(=O)N(CCCCn3cc(-c4cnc(N)s4)nn3)[C@]2(CC)N(C)CC[C@@H](C)C[C@@]1(C)OC. The van der Waals surface area contributed by atoms with Crippen molar-refractivity contribution in [3.63, 3.8) is 0 Å². The standard InChI is InChI=1S/C34H54BN7O6S/c1-10-26-33(7)34(11-2,42(31(45)48-33)16-13-12-15-41-20-24(38-39-41)25-19-37-30(36)49-25)40(8)17-14-21(3)18-32(6,46-9)28(35)22(4)27(43)23(5)29(44)47-26/h19-23,26,28H,10-18H2,1-9H3,(H2,36,37)/t21-,22+,23-,26-,28-,32-,33-,34+/m1/s1. The third-order valence-corrected chi connectivity index (χ3v) is 12.0. The van der Waals surface area contributed by atoms with Crippen molar-refractivity contribution in [1.82, 2.24) is 29.8 Å². The minimum absolute atomic E-state index is 0.170. The Labute approximate surface area is 296 Å². The molecular formula is C34H54BN7O6S. The lowest BCUT2D eigenvalue weighted by Gasteiger charge is -2.52. The number of fused-ring (bicyclic) bond motifs is 1. The van der Waals surface area contributed by atoms with Crippen LogP contribution in [0.15, 0.2) is 12.4 Å². The van der Waals surface area contributed by atoms with Crippen LogP contribution in [0.25, 0.3) is 10.6 Å². The van der Waals surface area contributed by atoms with Gasteiger partial charge in [-0.1, -0.05) is 44.2 Å². The number of hydrogen-bond donors (Lipinski definition) is 1. The van der Waals surface area contributed by atoms with Crippen molar-refractivity contribution >= 4 is 42.2 Å². The van der Waals surface area contributed by atoms with Gasteiger partial charge in [0.25, 0.3) is 0 Å². The molecule has 4 rings (SSSR count). The molecule has 0 aromatic carbocycles. The number of cyclic esters (lactones) is 1. The molecule has 0 saturated carbocycles. The molecule has 2 saturated heterocycles. The molecule has 0 spiro atoms. The number of carbonyl (C=O) groups is 3. The largest absolute Gasteiger partial charge is 0.457 e. The fourth-order valence-electron chi connectivity index (χ4n) is 8.00. The number of amides is 1. The Morgan fingerprint density at radius 2 is 1.84 bits per heavy atom. The van der Waals surface area contributed by atoms with E-state index in [9.17, 15) is 14.4 Å². The number of nitrogens with zero attached hydrogens (tertiary/aromatic N) is 6. The second-order valence-corrected chi connectivity index (χ2v) is 15.3. The van der Waals surface area contributed by atoms with Crippen LogP contribution < -0.4 is 5.73 Å². The number of Topliss-reactive ketones (excluding diaryl/α,β-unsaturated/α-hetero) is 1. The van der Waals surface area contributed by atoms with Crippen molar-refractivity contribution in [2.75, 3.05) is 33.0 Å². The number of nitrogens with two attached hydrogens (primary N) is 1. The number of rotatable bonds is 9. The van der Waals surface area contributed by atoms with Crippen molar-refractivity contribution in [3.05, 3.63) is 12.4 Å². The van der Waals surface area contributed by atoms with E-state index >= 15 is 0 Å². The highest BCUT2D eigenvalue weighted by Gasteiger charge is 2.67. The molecule has 2 fully saturated rings. The fourth-order valence-corrected chi connectivity index (χ4v) is 8.63. The monoisotopic (exact) mass is 699 g/mol. The molecule has 8 atom stereocenters. The van der Waals surface area contributed by atoms with Crippen LogP contribution in [-0.2, 0) is 30.3 Å². The third-order valence-electron chi connectivity index (χ3n) is 11.1. The molecule has 4 heterocycles. The highest BCUT2D eigenvalue weighted by molar-refractivity contribution is 7.18. The zero-order valence-electron chi connectivity index (χ0n) is 30.6. The number of hydrogen-bond acceptors (Lipinski definition) is 12. The van der Waals surface area contributed by atoms with Crippen LogP contribution in [0.5, 0.6) is 0 Å². The summed E-state index contributed by atoms with van der Waals surface area (Å²) in [5.41, 5.74) is 3.52. The van der Waals surface area contributed by atoms with Gasteiger partial charge in [0.2, 0.25) is 0 Å². The first-order chi connectivity index (χ1) is 23.1. The number of thiazole rings is 1. The number of anilines is 1. The van der Waals surface area contributed by atoms with E-state index in [-0.39, 0.29) is 11.7 Å². The summed E-state index contributed by atoms with van der Waals surface area (Å²) < 4.78 is 20.2. The van der Waals surface area contributed by atoms with Gasteiger partial charge in [0, 0.05) is 38.9 Å². The van der Waals surface area contributed by atoms with Gasteiger partial charge in [0.05, 0.1) is 24.5 Å². The number of aromatic nitrogens is 4. The van der Waals surface area contributed by atoms with Gasteiger partial charge in [0.15, 0.2) is 10.7 Å². The molecule has 2 N–H and O–H groups in total. The summed E-state index contributed by atoms with van der Waals surface area (Å²) in [4.78, 5) is 50.2. The zero-order chi connectivity index (χ0) is 36.3. The molecule has 0 aliphatic carbocycles. The van der Waals surface area contributed by atoms with Crippen molar-refractivity contribution in [3.8, 4) is 10.6 Å². The van der Waals surface area contributed by atoms with E-state index in [1.165, 1.54) is 11.3 Å². The van der Waals surface area contributed by atoms with Gasteiger partial charge in [-0.2, -0.15) is 0 Å².